The van der Waals surface area contributed by atoms with Crippen molar-refractivity contribution in [1.29, 1.82) is 0 Å². The van der Waals surface area contributed by atoms with Crippen LogP contribution in [0.15, 0.2) is 36.5 Å². The van der Waals surface area contributed by atoms with Crippen LogP contribution in [0, 0.1) is 13.8 Å². The van der Waals surface area contributed by atoms with E-state index in [9.17, 15) is 18.0 Å². The quantitative estimate of drug-likeness (QED) is 0.683. The number of nitrogens with zero attached hydrogens (tertiary/aromatic N) is 2. The summed E-state index contributed by atoms with van der Waals surface area (Å²) in [5, 5.41) is 2.82. The van der Waals surface area contributed by atoms with Crippen molar-refractivity contribution in [2.45, 2.75) is 39.8 Å². The van der Waals surface area contributed by atoms with Crippen molar-refractivity contribution >= 4 is 17.2 Å². The summed E-state index contributed by atoms with van der Waals surface area (Å²) in [5.74, 6) is -0.473. The molecule has 0 spiro atoms. The van der Waals surface area contributed by atoms with Crippen LogP contribution in [0.3, 0.4) is 0 Å². The van der Waals surface area contributed by atoms with E-state index in [1.807, 2.05) is 39.0 Å². The van der Waals surface area contributed by atoms with Crippen LogP contribution in [0.1, 0.15) is 46.2 Å². The molecule has 0 radical (unpaired) electrons. The third-order valence-electron chi connectivity index (χ3n) is 4.36. The molecule has 0 aliphatic carbocycles. The zero-order valence-electron chi connectivity index (χ0n) is 15.3. The van der Waals surface area contributed by atoms with Crippen LogP contribution in [-0.2, 0) is 12.6 Å². The maximum absolute atomic E-state index is 13.1. The molecule has 0 aliphatic rings. The Morgan fingerprint density at radius 3 is 2.59 bits per heavy atom. The monoisotopic (exact) mass is 375 g/mol. The van der Waals surface area contributed by atoms with Gasteiger partial charge in [-0.25, -0.2) is 4.98 Å². The SMILES string of the molecule is CCCc1nc2ccc(C(F)(F)F)cn2c1C(=O)Nc1cc(C)ccc1C. The van der Waals surface area contributed by atoms with E-state index >= 15 is 0 Å². The van der Waals surface area contributed by atoms with Crippen LogP contribution in [0.2, 0.25) is 0 Å². The predicted octanol–water partition coefficient (Wildman–Crippen LogP) is 5.17. The fourth-order valence-electron chi connectivity index (χ4n) is 2.96. The van der Waals surface area contributed by atoms with Gasteiger partial charge < -0.3 is 5.32 Å². The number of nitrogens with one attached hydrogen (secondary N) is 1. The molecule has 3 aromatic rings. The summed E-state index contributed by atoms with van der Waals surface area (Å²) in [6.07, 6.45) is -2.35. The van der Waals surface area contributed by atoms with Crippen molar-refractivity contribution < 1.29 is 18.0 Å². The first-order chi connectivity index (χ1) is 12.7. The second-order valence-electron chi connectivity index (χ2n) is 6.57. The Bertz CT molecular complexity index is 1010. The number of fused-ring (bicyclic) bond motifs is 1. The Morgan fingerprint density at radius 2 is 1.93 bits per heavy atom. The van der Waals surface area contributed by atoms with E-state index < -0.39 is 17.6 Å². The summed E-state index contributed by atoms with van der Waals surface area (Å²) in [6.45, 7) is 5.69. The summed E-state index contributed by atoms with van der Waals surface area (Å²) in [6, 6.07) is 7.91. The number of benzene rings is 1. The molecule has 0 atom stereocenters. The molecule has 0 unspecified atom stereocenters. The lowest BCUT2D eigenvalue weighted by molar-refractivity contribution is -0.137. The zero-order chi connectivity index (χ0) is 19.8. The van der Waals surface area contributed by atoms with E-state index in [-0.39, 0.29) is 5.69 Å². The Balaban J connectivity index is 2.10. The van der Waals surface area contributed by atoms with Crippen molar-refractivity contribution in [3.05, 3.63) is 64.6 Å². The van der Waals surface area contributed by atoms with Gasteiger partial charge >= 0.3 is 6.18 Å². The lowest BCUT2D eigenvalue weighted by atomic mass is 10.1. The maximum atomic E-state index is 13.1. The number of pyridine rings is 1. The Labute approximate surface area is 155 Å². The highest BCUT2D eigenvalue weighted by Crippen LogP contribution is 2.30. The van der Waals surface area contributed by atoms with E-state index in [2.05, 4.69) is 10.3 Å². The number of aromatic nitrogens is 2. The molecule has 4 nitrogen and oxygen atoms in total. The maximum Gasteiger partial charge on any atom is 0.417 e. The van der Waals surface area contributed by atoms with Crippen molar-refractivity contribution in [2.24, 2.45) is 0 Å². The van der Waals surface area contributed by atoms with Gasteiger partial charge in [0, 0.05) is 11.9 Å². The van der Waals surface area contributed by atoms with E-state index in [1.165, 1.54) is 10.5 Å². The average molecular weight is 375 g/mol. The standard InChI is InChI=1S/C20H20F3N3O/c1-4-5-15-18(19(27)25-16-10-12(2)6-7-13(16)3)26-11-14(20(21,22)23)8-9-17(26)24-15/h6-11H,4-5H2,1-3H3,(H,25,27). The van der Waals surface area contributed by atoms with Crippen LogP contribution < -0.4 is 5.32 Å². The van der Waals surface area contributed by atoms with Crippen LogP contribution in [-0.4, -0.2) is 15.3 Å². The number of anilines is 1. The van der Waals surface area contributed by atoms with Crippen molar-refractivity contribution in [2.75, 3.05) is 5.32 Å². The van der Waals surface area contributed by atoms with Gasteiger partial charge in [0.05, 0.1) is 11.3 Å². The summed E-state index contributed by atoms with van der Waals surface area (Å²) in [5.41, 5.74) is 2.59. The summed E-state index contributed by atoms with van der Waals surface area (Å²) in [7, 11) is 0. The molecule has 0 bridgehead atoms. The number of hydrogen-bond acceptors (Lipinski definition) is 2. The molecule has 2 heterocycles. The molecular formula is C20H20F3N3O. The van der Waals surface area contributed by atoms with Crippen LogP contribution >= 0.6 is 0 Å². The van der Waals surface area contributed by atoms with Gasteiger partial charge in [0.15, 0.2) is 0 Å². The lowest BCUT2D eigenvalue weighted by Gasteiger charge is -2.11. The number of imidazole rings is 1. The molecule has 0 aliphatic heterocycles. The fraction of sp³-hybridized carbons (Fsp3) is 0.300. The second kappa shape index (κ2) is 7.06. The van der Waals surface area contributed by atoms with Crippen molar-refractivity contribution in [1.82, 2.24) is 9.38 Å². The van der Waals surface area contributed by atoms with Gasteiger partial charge in [-0.2, -0.15) is 13.2 Å². The molecule has 1 N–H and O–H groups in total. The van der Waals surface area contributed by atoms with E-state index in [4.69, 9.17) is 0 Å². The fourth-order valence-corrected chi connectivity index (χ4v) is 2.96. The number of alkyl halides is 3. The molecule has 0 saturated heterocycles. The lowest BCUT2D eigenvalue weighted by Crippen LogP contribution is -2.18. The minimum absolute atomic E-state index is 0.138. The molecule has 0 saturated carbocycles. The molecule has 142 valence electrons. The minimum Gasteiger partial charge on any atom is -0.320 e. The third kappa shape index (κ3) is 3.82. The number of rotatable bonds is 4. The normalized spacial score (nSPS) is 11.8. The van der Waals surface area contributed by atoms with Gasteiger partial charge in [0.2, 0.25) is 0 Å². The van der Waals surface area contributed by atoms with Crippen molar-refractivity contribution in [3.8, 4) is 0 Å². The smallest absolute Gasteiger partial charge is 0.320 e. The van der Waals surface area contributed by atoms with Gasteiger partial charge in [-0.3, -0.25) is 9.20 Å². The van der Waals surface area contributed by atoms with E-state index in [0.29, 0.717) is 23.4 Å². The molecule has 0 fully saturated rings. The Morgan fingerprint density at radius 1 is 1.19 bits per heavy atom. The first kappa shape index (κ1) is 18.9. The first-order valence-corrected chi connectivity index (χ1v) is 8.67. The molecule has 2 aromatic heterocycles. The number of carbonyl (C=O) groups is 1. The molecule has 1 amide bonds. The van der Waals surface area contributed by atoms with E-state index in [1.54, 1.807) is 0 Å². The number of aryl methyl sites for hydroxylation is 3. The van der Waals surface area contributed by atoms with Crippen LogP contribution in [0.5, 0.6) is 0 Å². The van der Waals surface area contributed by atoms with Crippen LogP contribution in [0.4, 0.5) is 18.9 Å². The van der Waals surface area contributed by atoms with Gasteiger partial charge in [-0.1, -0.05) is 25.5 Å². The number of carbonyl (C=O) groups excluding carboxylic acids is 1. The molecule has 1 aromatic carbocycles. The second-order valence-corrected chi connectivity index (χ2v) is 6.57. The first-order valence-electron chi connectivity index (χ1n) is 8.67. The summed E-state index contributed by atoms with van der Waals surface area (Å²) < 4.78 is 40.6. The van der Waals surface area contributed by atoms with Gasteiger partial charge in [-0.05, 0) is 49.6 Å². The predicted molar refractivity (Wildman–Crippen MR) is 98.1 cm³/mol. The summed E-state index contributed by atoms with van der Waals surface area (Å²) >= 11 is 0. The molecule has 7 heteroatoms. The van der Waals surface area contributed by atoms with Gasteiger partial charge in [0.1, 0.15) is 11.3 Å². The Kier molecular flexibility index (Phi) is 4.95. The zero-order valence-corrected chi connectivity index (χ0v) is 15.3. The highest BCUT2D eigenvalue weighted by Gasteiger charge is 2.32. The highest BCUT2D eigenvalue weighted by molar-refractivity contribution is 6.05. The largest absolute Gasteiger partial charge is 0.417 e. The number of amides is 1. The van der Waals surface area contributed by atoms with Gasteiger partial charge in [-0.15, -0.1) is 0 Å². The van der Waals surface area contributed by atoms with E-state index in [0.717, 1.165) is 29.8 Å². The molecule has 3 rings (SSSR count). The van der Waals surface area contributed by atoms with Crippen molar-refractivity contribution in [3.63, 3.8) is 0 Å². The Hall–Kier alpha value is -2.83. The highest BCUT2D eigenvalue weighted by atomic mass is 19.4. The molecular weight excluding hydrogens is 355 g/mol. The average Bonchev–Trinajstić information content (AvgIpc) is 2.95. The van der Waals surface area contributed by atoms with Crippen LogP contribution in [0.25, 0.3) is 5.65 Å². The van der Waals surface area contributed by atoms with Gasteiger partial charge in [0.25, 0.3) is 5.91 Å². The number of halogens is 3. The topological polar surface area (TPSA) is 46.4 Å². The molecule has 27 heavy (non-hydrogen) atoms. The number of hydrogen-bond donors (Lipinski definition) is 1. The minimum atomic E-state index is -4.50. The summed E-state index contributed by atoms with van der Waals surface area (Å²) in [4.78, 5) is 17.3. The third-order valence-corrected chi connectivity index (χ3v) is 4.36.